The lowest BCUT2D eigenvalue weighted by molar-refractivity contribution is -0.359. The van der Waals surface area contributed by atoms with Crippen LogP contribution in [-0.2, 0) is 30.1 Å². The Labute approximate surface area is 327 Å². The zero-order chi connectivity index (χ0) is 40.6. The Morgan fingerprint density at radius 3 is 2.12 bits per heavy atom. The van der Waals surface area contributed by atoms with Gasteiger partial charge in [-0.25, -0.2) is 0 Å². The van der Waals surface area contributed by atoms with Crippen molar-refractivity contribution in [1.29, 1.82) is 0 Å². The van der Waals surface area contributed by atoms with Crippen LogP contribution in [0.25, 0.3) is 0 Å². The first-order valence-corrected chi connectivity index (χ1v) is 20.0. The van der Waals surface area contributed by atoms with Gasteiger partial charge in [0.2, 0.25) is 6.29 Å². The van der Waals surface area contributed by atoms with Crippen LogP contribution in [0, 0.1) is 11.8 Å². The molecule has 1 aromatic carbocycles. The number of aliphatic hydroxyl groups is 9. The van der Waals surface area contributed by atoms with Gasteiger partial charge in [-0.05, 0) is 64.2 Å². The highest BCUT2D eigenvalue weighted by molar-refractivity contribution is 5.54. The first-order chi connectivity index (χ1) is 26.6. The summed E-state index contributed by atoms with van der Waals surface area (Å²) in [6.45, 7) is 8.30. The Bertz CT molecular complexity index is 1490. The Hall–Kier alpha value is -2.00. The van der Waals surface area contributed by atoms with Gasteiger partial charge in [0, 0.05) is 23.3 Å². The monoisotopic (exact) mass is 798 g/mol. The molecule has 0 aromatic heterocycles. The molecular weight excluding hydrogens is 736 g/mol. The Morgan fingerprint density at radius 2 is 1.43 bits per heavy atom. The van der Waals surface area contributed by atoms with E-state index in [1.54, 1.807) is 6.92 Å². The van der Waals surface area contributed by atoms with Crippen LogP contribution >= 0.6 is 0 Å². The van der Waals surface area contributed by atoms with Gasteiger partial charge in [-0.1, -0.05) is 38.3 Å². The number of aliphatic hydroxyl groups excluding tert-OH is 9. The first-order valence-electron chi connectivity index (χ1n) is 20.0. The maximum absolute atomic E-state index is 11.7. The molecule has 16 nitrogen and oxygen atoms in total. The van der Waals surface area contributed by atoms with Crippen molar-refractivity contribution in [2.75, 3.05) is 19.8 Å². The van der Waals surface area contributed by atoms with Gasteiger partial charge < -0.3 is 79.1 Å². The Morgan fingerprint density at radius 1 is 0.768 bits per heavy atom. The lowest BCUT2D eigenvalue weighted by Gasteiger charge is -2.48. The maximum atomic E-state index is 11.7. The fraction of sp³-hybridized carbons (Fsp3) is 0.800. The first kappa shape index (κ1) is 43.6. The molecule has 56 heavy (non-hydrogen) atoms. The molecule has 17 atom stereocenters. The Balaban J connectivity index is 1.32. The van der Waals surface area contributed by atoms with E-state index in [9.17, 15) is 46.0 Å². The summed E-state index contributed by atoms with van der Waals surface area (Å²) in [5.41, 5.74) is 2.51. The highest BCUT2D eigenvalue weighted by Crippen LogP contribution is 2.54. The quantitative estimate of drug-likeness (QED) is 0.0951. The molecule has 16 heteroatoms. The average Bonchev–Trinajstić information content (AvgIpc) is 3.16. The van der Waals surface area contributed by atoms with E-state index >= 15 is 0 Å². The SMILES string of the molecule is CCCCCc1cc(O[C@@H]2O[C@H](CO[C@@H]3O[C@H](CO)[C@@H](C)[C@H](O)[C@H]3O)[C@@H](O[C@@H]3O[C@H](CO)[C@@H](O)[C@H](O)[C@H]3O)[C@H](O)[C@H]2O)c2c(c1)OC(C)(C)[C@@H]1CCC(C)=C[C@@H]21. The summed E-state index contributed by atoms with van der Waals surface area (Å²) in [6.07, 6.45) is -13.8. The van der Waals surface area contributed by atoms with Crippen LogP contribution in [0.5, 0.6) is 11.5 Å². The molecule has 4 aliphatic heterocycles. The maximum Gasteiger partial charge on any atom is 0.229 e. The van der Waals surface area contributed by atoms with Crippen molar-refractivity contribution in [2.45, 2.75) is 171 Å². The van der Waals surface area contributed by atoms with Crippen molar-refractivity contribution in [3.05, 3.63) is 34.9 Å². The third-order valence-corrected chi connectivity index (χ3v) is 12.3. The van der Waals surface area contributed by atoms with E-state index in [0.29, 0.717) is 11.5 Å². The molecule has 0 bridgehead atoms. The van der Waals surface area contributed by atoms with Gasteiger partial charge in [0.25, 0.3) is 0 Å². The predicted molar refractivity (Wildman–Crippen MR) is 196 cm³/mol. The fourth-order valence-electron chi connectivity index (χ4n) is 8.75. The summed E-state index contributed by atoms with van der Waals surface area (Å²) in [5.74, 6) is 0.486. The molecule has 6 rings (SSSR count). The second-order valence-corrected chi connectivity index (χ2v) is 16.7. The number of fused-ring (bicyclic) bond motifs is 3. The van der Waals surface area contributed by atoms with Crippen LogP contribution in [0.2, 0.25) is 0 Å². The van der Waals surface area contributed by atoms with Gasteiger partial charge in [-0.15, -0.1) is 0 Å². The second kappa shape index (κ2) is 18.1. The zero-order valence-electron chi connectivity index (χ0n) is 32.8. The second-order valence-electron chi connectivity index (χ2n) is 16.7. The molecule has 0 saturated carbocycles. The minimum absolute atomic E-state index is 0.0764. The van der Waals surface area contributed by atoms with Gasteiger partial charge in [-0.3, -0.25) is 0 Å². The minimum atomic E-state index is -1.84. The van der Waals surface area contributed by atoms with E-state index in [1.165, 1.54) is 5.57 Å². The third-order valence-electron chi connectivity index (χ3n) is 12.3. The molecule has 9 N–H and O–H groups in total. The van der Waals surface area contributed by atoms with Crippen molar-refractivity contribution in [1.82, 2.24) is 0 Å². The van der Waals surface area contributed by atoms with Crippen molar-refractivity contribution in [3.63, 3.8) is 0 Å². The molecule has 4 heterocycles. The van der Waals surface area contributed by atoms with Gasteiger partial charge >= 0.3 is 0 Å². The number of ether oxygens (including phenoxy) is 7. The van der Waals surface area contributed by atoms with E-state index in [4.69, 9.17) is 33.2 Å². The highest BCUT2D eigenvalue weighted by atomic mass is 16.8. The van der Waals surface area contributed by atoms with Crippen molar-refractivity contribution in [2.24, 2.45) is 11.8 Å². The number of aryl methyl sites for hydroxylation is 1. The Kier molecular flexibility index (Phi) is 14.1. The molecule has 3 fully saturated rings. The fourth-order valence-corrected chi connectivity index (χ4v) is 8.75. The van der Waals surface area contributed by atoms with Crippen LogP contribution < -0.4 is 9.47 Å². The number of unbranched alkanes of at least 4 members (excludes halogenated alkanes) is 2. The largest absolute Gasteiger partial charge is 0.487 e. The number of benzene rings is 1. The number of allylic oxidation sites excluding steroid dienone is 2. The molecule has 0 radical (unpaired) electrons. The van der Waals surface area contributed by atoms with E-state index in [2.05, 4.69) is 33.8 Å². The molecular formula is C40H62O16. The molecule has 0 amide bonds. The average molecular weight is 799 g/mol. The lowest BCUT2D eigenvalue weighted by atomic mass is 9.68. The lowest BCUT2D eigenvalue weighted by Crippen LogP contribution is -2.65. The molecule has 5 aliphatic rings. The van der Waals surface area contributed by atoms with Crippen molar-refractivity contribution >= 4 is 0 Å². The standard InChI is InChI=1S/C40H62O16/c1-6-7-8-9-20-13-23(28-21-12-18(2)10-11-22(21)40(4,5)56-24(28)14-20)51-38-35(49)32(46)36(55-39-34(48)31(45)30(44)26(16-42)53-39)27(54-38)17-50-37-33(47)29(43)19(3)25(15-41)52-37/h12-14,19,21-22,25-27,29-39,41-49H,6-11,15-17H2,1-5H3/t19-,21-,22-,25-,26-,27-,29+,30-,31+,32-,33-,34-,35-,36-,37-,38-,39+/m1/s1. The normalized spacial score (nSPS) is 42.2. The summed E-state index contributed by atoms with van der Waals surface area (Å²) in [5, 5.41) is 96.0. The van der Waals surface area contributed by atoms with Crippen molar-refractivity contribution < 1.29 is 79.1 Å². The minimum Gasteiger partial charge on any atom is -0.487 e. The summed E-state index contributed by atoms with van der Waals surface area (Å²) in [4.78, 5) is 0. The smallest absolute Gasteiger partial charge is 0.229 e. The van der Waals surface area contributed by atoms with Gasteiger partial charge in [0.1, 0.15) is 72.0 Å². The van der Waals surface area contributed by atoms with Crippen LogP contribution in [0.4, 0.5) is 0 Å². The topological polar surface area (TPSA) is 247 Å². The summed E-state index contributed by atoms with van der Waals surface area (Å²) in [7, 11) is 0. The van der Waals surface area contributed by atoms with Crippen LogP contribution in [0.15, 0.2) is 23.8 Å². The summed E-state index contributed by atoms with van der Waals surface area (Å²) in [6, 6.07) is 3.96. The molecule has 0 unspecified atom stereocenters. The van der Waals surface area contributed by atoms with Crippen LogP contribution in [-0.4, -0.2) is 157 Å². The number of hydrogen-bond donors (Lipinski definition) is 9. The van der Waals surface area contributed by atoms with E-state index < -0.39 is 117 Å². The summed E-state index contributed by atoms with van der Waals surface area (Å²) < 4.78 is 42.8. The number of hydrogen-bond acceptors (Lipinski definition) is 16. The van der Waals surface area contributed by atoms with Crippen molar-refractivity contribution in [3.8, 4) is 11.5 Å². The van der Waals surface area contributed by atoms with Gasteiger partial charge in [-0.2, -0.15) is 0 Å². The van der Waals surface area contributed by atoms with Crippen LogP contribution in [0.1, 0.15) is 83.8 Å². The van der Waals surface area contributed by atoms with E-state index in [-0.39, 0.29) is 11.8 Å². The molecule has 318 valence electrons. The van der Waals surface area contributed by atoms with Gasteiger partial charge in [0.05, 0.1) is 32.0 Å². The van der Waals surface area contributed by atoms with E-state index in [1.807, 2.05) is 12.1 Å². The van der Waals surface area contributed by atoms with E-state index in [0.717, 1.165) is 49.7 Å². The zero-order valence-corrected chi connectivity index (χ0v) is 32.8. The third kappa shape index (κ3) is 8.80. The molecule has 3 saturated heterocycles. The van der Waals surface area contributed by atoms with Gasteiger partial charge in [0.15, 0.2) is 12.6 Å². The predicted octanol–water partition coefficient (Wildman–Crippen LogP) is 0.133. The molecule has 0 spiro atoms. The molecule has 1 aromatic rings. The number of rotatable bonds is 13. The van der Waals surface area contributed by atoms with Crippen LogP contribution in [0.3, 0.4) is 0 Å². The summed E-state index contributed by atoms with van der Waals surface area (Å²) >= 11 is 0. The molecule has 1 aliphatic carbocycles. The highest BCUT2D eigenvalue weighted by Gasteiger charge is 2.53.